The molecule has 3 aromatic rings. The number of hydrogen-bond donors (Lipinski definition) is 1. The van der Waals surface area contributed by atoms with Crippen molar-refractivity contribution in [3.63, 3.8) is 0 Å². The van der Waals surface area contributed by atoms with Gasteiger partial charge in [-0.1, -0.05) is 0 Å². The predicted octanol–water partition coefficient (Wildman–Crippen LogP) is 4.38. The number of carbonyl (C=O) groups excluding carboxylic acids is 1. The summed E-state index contributed by atoms with van der Waals surface area (Å²) in [6.07, 6.45) is 0. The number of hydrogen-bond acceptors (Lipinski definition) is 2. The highest BCUT2D eigenvalue weighted by molar-refractivity contribution is 9.10. The molecule has 0 atom stereocenters. The second kappa shape index (κ2) is 6.52. The molecule has 0 aliphatic carbocycles. The molecule has 0 aliphatic heterocycles. The van der Waals surface area contributed by atoms with E-state index < -0.39 is 5.82 Å². The summed E-state index contributed by atoms with van der Waals surface area (Å²) in [6, 6.07) is 11.7. The Hall–Kier alpha value is -2.54. The molecular formula is C17H12BrF2N3O. The maximum atomic E-state index is 13.2. The van der Waals surface area contributed by atoms with Gasteiger partial charge in [-0.05, 0) is 64.5 Å². The van der Waals surface area contributed by atoms with Crippen LogP contribution in [-0.4, -0.2) is 15.7 Å². The zero-order valence-electron chi connectivity index (χ0n) is 12.6. The summed E-state index contributed by atoms with van der Waals surface area (Å²) >= 11 is 3.07. The first-order valence-corrected chi connectivity index (χ1v) is 7.80. The largest absolute Gasteiger partial charge is 0.321 e. The zero-order valence-corrected chi connectivity index (χ0v) is 14.1. The molecule has 1 aromatic heterocycles. The van der Waals surface area contributed by atoms with Crippen molar-refractivity contribution in [3.05, 3.63) is 70.3 Å². The summed E-state index contributed by atoms with van der Waals surface area (Å²) < 4.78 is 27.9. The summed E-state index contributed by atoms with van der Waals surface area (Å²) in [6.45, 7) is 0. The van der Waals surface area contributed by atoms with Gasteiger partial charge in [0, 0.05) is 18.3 Å². The van der Waals surface area contributed by atoms with E-state index >= 15 is 0 Å². The number of rotatable bonds is 3. The average Bonchev–Trinajstić information content (AvgIpc) is 2.93. The molecule has 4 nitrogen and oxygen atoms in total. The summed E-state index contributed by atoms with van der Waals surface area (Å²) in [5, 5.41) is 6.95. The second-order valence-corrected chi connectivity index (χ2v) is 5.98. The highest BCUT2D eigenvalue weighted by Gasteiger charge is 2.15. The number of anilines is 1. The van der Waals surface area contributed by atoms with Gasteiger partial charge in [0.05, 0.1) is 10.2 Å². The molecule has 1 amide bonds. The smallest absolute Gasteiger partial charge is 0.273 e. The van der Waals surface area contributed by atoms with Crippen molar-refractivity contribution in [2.45, 2.75) is 0 Å². The van der Waals surface area contributed by atoms with Crippen LogP contribution in [-0.2, 0) is 7.05 Å². The average molecular weight is 392 g/mol. The van der Waals surface area contributed by atoms with E-state index in [0.29, 0.717) is 22.6 Å². The Labute approximate surface area is 145 Å². The lowest BCUT2D eigenvalue weighted by molar-refractivity contribution is 0.101. The van der Waals surface area contributed by atoms with Crippen LogP contribution in [0.5, 0.6) is 0 Å². The molecule has 0 unspecified atom stereocenters. The zero-order chi connectivity index (χ0) is 17.3. The molecule has 0 saturated carbocycles. The van der Waals surface area contributed by atoms with Crippen molar-refractivity contribution in [2.24, 2.45) is 7.05 Å². The third-order valence-electron chi connectivity index (χ3n) is 3.43. The van der Waals surface area contributed by atoms with Crippen molar-refractivity contribution in [2.75, 3.05) is 5.32 Å². The molecule has 7 heteroatoms. The molecule has 0 bridgehead atoms. The first kappa shape index (κ1) is 16.3. The van der Waals surface area contributed by atoms with Crippen LogP contribution in [0.2, 0.25) is 0 Å². The molecule has 0 spiro atoms. The molecule has 122 valence electrons. The molecule has 1 N–H and O–H groups in total. The van der Waals surface area contributed by atoms with E-state index in [1.807, 2.05) is 0 Å². The fourth-order valence-corrected chi connectivity index (χ4v) is 2.59. The number of nitrogens with zero attached hydrogens (tertiary/aromatic N) is 2. The van der Waals surface area contributed by atoms with Crippen molar-refractivity contribution in [1.82, 2.24) is 9.78 Å². The molecule has 0 saturated heterocycles. The maximum absolute atomic E-state index is 13.2. The van der Waals surface area contributed by atoms with E-state index in [9.17, 15) is 13.6 Å². The molecule has 0 radical (unpaired) electrons. The molecule has 3 rings (SSSR count). The second-order valence-electron chi connectivity index (χ2n) is 5.13. The van der Waals surface area contributed by atoms with Gasteiger partial charge in [-0.15, -0.1) is 0 Å². The van der Waals surface area contributed by atoms with Crippen LogP contribution in [0.1, 0.15) is 10.5 Å². The van der Waals surface area contributed by atoms with Gasteiger partial charge < -0.3 is 5.32 Å². The number of amides is 1. The summed E-state index contributed by atoms with van der Waals surface area (Å²) in [7, 11) is 1.64. The Morgan fingerprint density at radius 1 is 1.12 bits per heavy atom. The minimum absolute atomic E-state index is 0.261. The first-order valence-electron chi connectivity index (χ1n) is 7.00. The van der Waals surface area contributed by atoms with Crippen molar-refractivity contribution in [3.8, 4) is 11.3 Å². The highest BCUT2D eigenvalue weighted by atomic mass is 79.9. The Morgan fingerprint density at radius 3 is 2.50 bits per heavy atom. The molecule has 0 fully saturated rings. The van der Waals surface area contributed by atoms with Crippen LogP contribution >= 0.6 is 15.9 Å². The molecule has 1 heterocycles. The van der Waals surface area contributed by atoms with E-state index in [0.717, 1.165) is 0 Å². The van der Waals surface area contributed by atoms with E-state index in [2.05, 4.69) is 26.3 Å². The molecule has 2 aromatic carbocycles. The molecular weight excluding hydrogens is 380 g/mol. The fraction of sp³-hybridized carbons (Fsp3) is 0.0588. The normalized spacial score (nSPS) is 10.7. The van der Waals surface area contributed by atoms with Gasteiger partial charge in [0.1, 0.15) is 17.3 Å². The van der Waals surface area contributed by atoms with Gasteiger partial charge in [-0.25, -0.2) is 8.78 Å². The quantitative estimate of drug-likeness (QED) is 0.719. The minimum atomic E-state index is -0.410. The number of aryl methyl sites for hydroxylation is 1. The summed E-state index contributed by atoms with van der Waals surface area (Å²) in [5.41, 5.74) is 2.05. The summed E-state index contributed by atoms with van der Waals surface area (Å²) in [4.78, 5) is 12.4. The van der Waals surface area contributed by atoms with Gasteiger partial charge in [0.15, 0.2) is 0 Å². The van der Waals surface area contributed by atoms with Gasteiger partial charge >= 0.3 is 0 Å². The van der Waals surface area contributed by atoms with E-state index in [1.54, 1.807) is 25.2 Å². The van der Waals surface area contributed by atoms with Crippen LogP contribution in [0, 0.1) is 11.6 Å². The van der Waals surface area contributed by atoms with Gasteiger partial charge in [0.2, 0.25) is 0 Å². The van der Waals surface area contributed by atoms with Gasteiger partial charge in [0.25, 0.3) is 5.91 Å². The monoisotopic (exact) mass is 391 g/mol. The van der Waals surface area contributed by atoms with Crippen molar-refractivity contribution in [1.29, 1.82) is 0 Å². The lowest BCUT2D eigenvalue weighted by Crippen LogP contribution is -2.16. The highest BCUT2D eigenvalue weighted by Crippen LogP contribution is 2.22. The maximum Gasteiger partial charge on any atom is 0.273 e. The van der Waals surface area contributed by atoms with E-state index in [-0.39, 0.29) is 16.2 Å². The van der Waals surface area contributed by atoms with Gasteiger partial charge in [-0.3, -0.25) is 9.48 Å². The number of benzene rings is 2. The van der Waals surface area contributed by atoms with Crippen LogP contribution in [0.3, 0.4) is 0 Å². The number of nitrogens with one attached hydrogen (secondary N) is 1. The van der Waals surface area contributed by atoms with E-state index in [4.69, 9.17) is 0 Å². The summed E-state index contributed by atoms with van der Waals surface area (Å²) in [5.74, 6) is -1.13. The Bertz CT molecular complexity index is 907. The Balaban J connectivity index is 1.85. The fourth-order valence-electron chi connectivity index (χ4n) is 2.21. The standard InChI is InChI=1S/C17H12BrF2N3O/c1-23-16(9-15(22-23)10-2-4-11(19)5-3-10)17(24)21-12-6-7-14(20)13(18)8-12/h2-9H,1H3,(H,21,24). The lowest BCUT2D eigenvalue weighted by Gasteiger charge is -2.06. The molecule has 0 aliphatic rings. The van der Waals surface area contributed by atoms with Gasteiger partial charge in [-0.2, -0.15) is 5.10 Å². The van der Waals surface area contributed by atoms with E-state index in [1.165, 1.54) is 35.0 Å². The number of carbonyl (C=O) groups is 1. The Morgan fingerprint density at radius 2 is 1.83 bits per heavy atom. The SMILES string of the molecule is Cn1nc(-c2ccc(F)cc2)cc1C(=O)Nc1ccc(F)c(Br)c1. The molecule has 24 heavy (non-hydrogen) atoms. The van der Waals surface area contributed by atoms with Crippen LogP contribution in [0.4, 0.5) is 14.5 Å². The minimum Gasteiger partial charge on any atom is -0.321 e. The number of halogens is 3. The predicted molar refractivity (Wildman–Crippen MR) is 90.7 cm³/mol. The van der Waals surface area contributed by atoms with Crippen molar-refractivity contribution >= 4 is 27.5 Å². The lowest BCUT2D eigenvalue weighted by atomic mass is 10.1. The third-order valence-corrected chi connectivity index (χ3v) is 4.04. The first-order chi connectivity index (χ1) is 11.4. The third kappa shape index (κ3) is 3.35. The topological polar surface area (TPSA) is 46.9 Å². The van der Waals surface area contributed by atoms with Crippen molar-refractivity contribution < 1.29 is 13.6 Å². The van der Waals surface area contributed by atoms with Crippen LogP contribution < -0.4 is 5.32 Å². The van der Waals surface area contributed by atoms with Crippen LogP contribution in [0.15, 0.2) is 53.0 Å². The number of aromatic nitrogens is 2. The van der Waals surface area contributed by atoms with Crippen LogP contribution in [0.25, 0.3) is 11.3 Å². The Kier molecular flexibility index (Phi) is 4.44.